The summed E-state index contributed by atoms with van der Waals surface area (Å²) in [5.41, 5.74) is 8.05. The number of nitrogens with two attached hydrogens (primary N) is 1. The van der Waals surface area contributed by atoms with Crippen molar-refractivity contribution in [1.29, 1.82) is 0 Å². The average Bonchev–Trinajstić information content (AvgIpc) is 2.84. The second-order valence-electron chi connectivity index (χ2n) is 7.51. The Morgan fingerprint density at radius 2 is 1.51 bits per heavy atom. The molecule has 0 saturated heterocycles. The van der Waals surface area contributed by atoms with Gasteiger partial charge in [-0.2, -0.15) is 0 Å². The molecule has 0 aliphatic carbocycles. The van der Waals surface area contributed by atoms with Gasteiger partial charge in [0.15, 0.2) is 0 Å². The van der Waals surface area contributed by atoms with Gasteiger partial charge in [0.2, 0.25) is 5.91 Å². The van der Waals surface area contributed by atoms with Crippen molar-refractivity contribution in [3.63, 3.8) is 0 Å². The number of methoxy groups -OCH3 is 1. The highest BCUT2D eigenvalue weighted by Gasteiger charge is 2.34. The van der Waals surface area contributed by atoms with E-state index in [4.69, 9.17) is 5.73 Å². The number of rotatable bonds is 11. The first kappa shape index (κ1) is 29.5. The zero-order chi connectivity index (χ0) is 26.1. The van der Waals surface area contributed by atoms with Crippen LogP contribution in [0.25, 0.3) is 0 Å². The van der Waals surface area contributed by atoms with E-state index in [1.165, 1.54) is 11.1 Å². The van der Waals surface area contributed by atoms with Crippen LogP contribution in [-0.2, 0) is 25.5 Å². The van der Waals surface area contributed by atoms with E-state index in [9.17, 15) is 23.2 Å². The van der Waals surface area contributed by atoms with Crippen LogP contribution in [0.1, 0.15) is 30.9 Å². The van der Waals surface area contributed by atoms with Crippen LogP contribution in [0.15, 0.2) is 60.7 Å². The lowest BCUT2D eigenvalue weighted by Crippen LogP contribution is -2.41. The van der Waals surface area contributed by atoms with Crippen LogP contribution in [0.5, 0.6) is 0 Å². The molecular formula is C25H33F2N3O5. The van der Waals surface area contributed by atoms with Crippen LogP contribution in [0.4, 0.5) is 13.6 Å². The minimum Gasteiger partial charge on any atom is -0.465 e. The average molecular weight is 494 g/mol. The summed E-state index contributed by atoms with van der Waals surface area (Å²) in [4.78, 5) is 33.1. The molecule has 0 radical (unpaired) electrons. The second kappa shape index (κ2) is 16.2. The Morgan fingerprint density at radius 1 is 0.971 bits per heavy atom. The van der Waals surface area contributed by atoms with Gasteiger partial charge < -0.3 is 25.8 Å². The number of carbonyl (C=O) groups excluding carboxylic acids is 3. The normalized spacial score (nSPS) is 11.3. The molecule has 10 heteroatoms. The molecule has 0 fully saturated rings. The van der Waals surface area contributed by atoms with Crippen LogP contribution < -0.4 is 16.4 Å². The summed E-state index contributed by atoms with van der Waals surface area (Å²) in [7, 11) is 1.13. The summed E-state index contributed by atoms with van der Waals surface area (Å²) >= 11 is 0. The highest BCUT2D eigenvalue weighted by atomic mass is 19.3. The third-order valence-electron chi connectivity index (χ3n) is 4.59. The van der Waals surface area contributed by atoms with E-state index in [2.05, 4.69) is 80.8 Å². The van der Waals surface area contributed by atoms with E-state index < -0.39 is 42.8 Å². The van der Waals surface area contributed by atoms with Gasteiger partial charge in [0.05, 0.1) is 20.3 Å². The summed E-state index contributed by atoms with van der Waals surface area (Å²) in [5.74, 6) is -4.76. The van der Waals surface area contributed by atoms with E-state index in [1.807, 2.05) is 0 Å². The molecule has 0 heterocycles. The van der Waals surface area contributed by atoms with Crippen molar-refractivity contribution in [3.05, 3.63) is 71.8 Å². The summed E-state index contributed by atoms with van der Waals surface area (Å²) in [6.45, 7) is 0.882. The largest absolute Gasteiger partial charge is 0.465 e. The summed E-state index contributed by atoms with van der Waals surface area (Å²) in [5, 5.41) is 4.30. The number of alkyl carbamates (subject to hydrolysis) is 1. The van der Waals surface area contributed by atoms with E-state index in [0.717, 1.165) is 13.5 Å². The number of ether oxygens (including phenoxy) is 2. The molecule has 8 nitrogen and oxygen atoms in total. The van der Waals surface area contributed by atoms with Crippen LogP contribution in [0.2, 0.25) is 0 Å². The fourth-order valence-electron chi connectivity index (χ4n) is 2.86. The SMILES string of the molecule is CCOC(=O)C(N)CC(F)(F)CCNC(=O)CNC(=O)OC.c1ccc(Cc2ccccc2)cc1. The van der Waals surface area contributed by atoms with Gasteiger partial charge in [-0.25, -0.2) is 13.6 Å². The van der Waals surface area contributed by atoms with Crippen LogP contribution in [-0.4, -0.2) is 56.7 Å². The fraction of sp³-hybridized carbons (Fsp3) is 0.400. The summed E-state index contributed by atoms with van der Waals surface area (Å²) in [6, 6.07) is 19.6. The second-order valence-corrected chi connectivity index (χ2v) is 7.51. The number of hydrogen-bond donors (Lipinski definition) is 3. The first-order chi connectivity index (χ1) is 16.7. The van der Waals surface area contributed by atoms with Gasteiger partial charge in [-0.1, -0.05) is 60.7 Å². The smallest absolute Gasteiger partial charge is 0.407 e. The minimum absolute atomic E-state index is 0.0569. The topological polar surface area (TPSA) is 120 Å². The van der Waals surface area contributed by atoms with Crippen molar-refractivity contribution in [2.24, 2.45) is 5.73 Å². The maximum absolute atomic E-state index is 13.6. The Labute approximate surface area is 204 Å². The van der Waals surface area contributed by atoms with Gasteiger partial charge in [-0.3, -0.25) is 9.59 Å². The predicted molar refractivity (Wildman–Crippen MR) is 128 cm³/mol. The standard InChI is InChI=1S/C13H12.C12H21F2N3O5/c1-3-7-12(8-4-1)11-13-9-5-2-6-10-13;1-3-22-10(19)8(15)6-12(13,14)4-5-16-9(18)7-17-11(20)21-2/h1-10H,11H2;8H,3-7,15H2,1-2H3,(H,16,18)(H,17,20). The maximum Gasteiger partial charge on any atom is 0.407 e. The first-order valence-electron chi connectivity index (χ1n) is 11.1. The molecule has 0 spiro atoms. The third-order valence-corrected chi connectivity index (χ3v) is 4.59. The number of carbonyl (C=O) groups is 3. The number of alkyl halides is 2. The van der Waals surface area contributed by atoms with Gasteiger partial charge in [-0.05, 0) is 24.5 Å². The van der Waals surface area contributed by atoms with Crippen molar-refractivity contribution in [2.45, 2.75) is 38.2 Å². The van der Waals surface area contributed by atoms with Crippen molar-refractivity contribution < 1.29 is 32.6 Å². The molecule has 0 aromatic heterocycles. The Morgan fingerprint density at radius 3 is 2.00 bits per heavy atom. The Kier molecular flexibility index (Phi) is 13.6. The van der Waals surface area contributed by atoms with Crippen LogP contribution >= 0.6 is 0 Å². The highest BCUT2D eigenvalue weighted by molar-refractivity contribution is 5.82. The molecule has 192 valence electrons. The lowest BCUT2D eigenvalue weighted by Gasteiger charge is -2.19. The van der Waals surface area contributed by atoms with E-state index in [1.54, 1.807) is 6.92 Å². The van der Waals surface area contributed by atoms with Crippen LogP contribution in [0.3, 0.4) is 0 Å². The van der Waals surface area contributed by atoms with E-state index >= 15 is 0 Å². The molecule has 2 aromatic carbocycles. The predicted octanol–water partition coefficient (Wildman–Crippen LogP) is 3.04. The molecule has 0 aliphatic rings. The molecular weight excluding hydrogens is 460 g/mol. The number of esters is 1. The van der Waals surface area contributed by atoms with Crippen LogP contribution in [0, 0.1) is 0 Å². The number of benzene rings is 2. The minimum atomic E-state index is -3.23. The lowest BCUT2D eigenvalue weighted by atomic mass is 10.1. The molecule has 0 bridgehead atoms. The zero-order valence-electron chi connectivity index (χ0n) is 20.0. The number of amides is 2. The quantitative estimate of drug-likeness (QED) is 0.414. The van der Waals surface area contributed by atoms with Gasteiger partial charge in [0.25, 0.3) is 5.92 Å². The van der Waals surface area contributed by atoms with Gasteiger partial charge in [0, 0.05) is 19.4 Å². The fourth-order valence-corrected chi connectivity index (χ4v) is 2.86. The molecule has 0 aliphatic heterocycles. The van der Waals surface area contributed by atoms with Gasteiger partial charge in [0.1, 0.15) is 6.04 Å². The lowest BCUT2D eigenvalue weighted by molar-refractivity contribution is -0.147. The van der Waals surface area contributed by atoms with E-state index in [0.29, 0.717) is 0 Å². The summed E-state index contributed by atoms with van der Waals surface area (Å²) < 4.78 is 35.9. The molecule has 2 amide bonds. The summed E-state index contributed by atoms with van der Waals surface area (Å²) in [6.07, 6.45) is -1.34. The number of halogens is 2. The molecule has 2 aromatic rings. The molecule has 4 N–H and O–H groups in total. The zero-order valence-corrected chi connectivity index (χ0v) is 20.0. The van der Waals surface area contributed by atoms with Crippen molar-refractivity contribution in [1.82, 2.24) is 10.6 Å². The third kappa shape index (κ3) is 13.7. The molecule has 1 unspecified atom stereocenters. The Bertz CT molecular complexity index is 861. The van der Waals surface area contributed by atoms with Crippen molar-refractivity contribution >= 4 is 18.0 Å². The number of nitrogens with one attached hydrogen (secondary N) is 2. The highest BCUT2D eigenvalue weighted by Crippen LogP contribution is 2.23. The first-order valence-corrected chi connectivity index (χ1v) is 11.1. The maximum atomic E-state index is 13.6. The van der Waals surface area contributed by atoms with E-state index in [-0.39, 0.29) is 19.7 Å². The monoisotopic (exact) mass is 493 g/mol. The molecule has 2 rings (SSSR count). The van der Waals surface area contributed by atoms with Gasteiger partial charge >= 0.3 is 12.1 Å². The molecule has 0 saturated carbocycles. The number of hydrogen-bond acceptors (Lipinski definition) is 6. The van der Waals surface area contributed by atoms with Crippen molar-refractivity contribution in [3.8, 4) is 0 Å². The Hall–Kier alpha value is -3.53. The molecule has 1 atom stereocenters. The molecule has 35 heavy (non-hydrogen) atoms. The van der Waals surface area contributed by atoms with Crippen molar-refractivity contribution in [2.75, 3.05) is 26.8 Å². The van der Waals surface area contributed by atoms with Gasteiger partial charge in [-0.15, -0.1) is 0 Å². The Balaban J connectivity index is 0.000000394.